The maximum Gasteiger partial charge on any atom is 0.154 e. The second kappa shape index (κ2) is 2.54. The first-order chi connectivity index (χ1) is 5.70. The summed E-state index contributed by atoms with van der Waals surface area (Å²) in [6.07, 6.45) is 1.39. The van der Waals surface area contributed by atoms with E-state index in [0.29, 0.717) is 5.82 Å². The minimum Gasteiger partial charge on any atom is -0.382 e. The maximum absolute atomic E-state index is 5.65. The summed E-state index contributed by atoms with van der Waals surface area (Å²) in [5, 5.41) is 8.08. The minimum atomic E-state index is 0.468. The van der Waals surface area contributed by atoms with Gasteiger partial charge in [-0.25, -0.2) is 4.98 Å². The lowest BCUT2D eigenvalue weighted by Gasteiger charge is -1.93. The van der Waals surface area contributed by atoms with Crippen molar-refractivity contribution in [2.75, 3.05) is 5.73 Å². The van der Waals surface area contributed by atoms with Crippen LogP contribution in [0.5, 0.6) is 0 Å². The van der Waals surface area contributed by atoms with E-state index in [1.54, 1.807) is 0 Å². The molecule has 2 aromatic heterocycles. The summed E-state index contributed by atoms with van der Waals surface area (Å²) < 4.78 is 2.50. The molecule has 0 fully saturated rings. The number of aromatic nitrogens is 4. The van der Waals surface area contributed by atoms with Gasteiger partial charge in [0.05, 0.1) is 9.26 Å². The van der Waals surface area contributed by atoms with E-state index in [4.69, 9.17) is 5.73 Å². The van der Waals surface area contributed by atoms with E-state index in [0.717, 1.165) is 14.8 Å². The lowest BCUT2D eigenvalue weighted by atomic mass is 10.4. The summed E-state index contributed by atoms with van der Waals surface area (Å²) >= 11 is 2.18. The van der Waals surface area contributed by atoms with Gasteiger partial charge in [0.2, 0.25) is 0 Å². The Balaban J connectivity index is 2.97. The summed E-state index contributed by atoms with van der Waals surface area (Å²) in [4.78, 5) is 3.88. The average molecular weight is 275 g/mol. The molecular weight excluding hydrogens is 269 g/mol. The van der Waals surface area contributed by atoms with E-state index in [1.807, 2.05) is 6.92 Å². The standard InChI is InChI=1S/C6H6IN5/c1-3-4(7)5-6(8)9-2-10-12(5)11-3/h2H,1H3,(H2,8,9,10). The van der Waals surface area contributed by atoms with Gasteiger partial charge in [-0.3, -0.25) is 0 Å². The van der Waals surface area contributed by atoms with Crippen LogP contribution in [0.15, 0.2) is 6.33 Å². The largest absolute Gasteiger partial charge is 0.382 e. The van der Waals surface area contributed by atoms with Gasteiger partial charge in [0.1, 0.15) is 11.8 Å². The number of anilines is 1. The Morgan fingerprint density at radius 2 is 2.33 bits per heavy atom. The zero-order valence-corrected chi connectivity index (χ0v) is 8.48. The Morgan fingerprint density at radius 1 is 1.58 bits per heavy atom. The molecule has 2 rings (SSSR count). The molecule has 0 bridgehead atoms. The van der Waals surface area contributed by atoms with Crippen LogP contribution in [-0.4, -0.2) is 19.8 Å². The van der Waals surface area contributed by atoms with Crippen LogP contribution in [0.2, 0.25) is 0 Å². The van der Waals surface area contributed by atoms with E-state index in [9.17, 15) is 0 Å². The van der Waals surface area contributed by atoms with E-state index < -0.39 is 0 Å². The van der Waals surface area contributed by atoms with Gasteiger partial charge in [-0.1, -0.05) is 0 Å². The van der Waals surface area contributed by atoms with Gasteiger partial charge in [0.25, 0.3) is 0 Å². The van der Waals surface area contributed by atoms with E-state index in [-0.39, 0.29) is 0 Å². The molecule has 0 unspecified atom stereocenters. The van der Waals surface area contributed by atoms with E-state index >= 15 is 0 Å². The molecule has 6 heteroatoms. The van der Waals surface area contributed by atoms with Crippen molar-refractivity contribution in [3.63, 3.8) is 0 Å². The summed E-state index contributed by atoms with van der Waals surface area (Å²) in [6.45, 7) is 1.91. The van der Waals surface area contributed by atoms with Crippen molar-refractivity contribution in [2.45, 2.75) is 6.92 Å². The predicted molar refractivity (Wildman–Crippen MR) is 52.6 cm³/mol. The molecule has 0 radical (unpaired) electrons. The Kier molecular flexibility index (Phi) is 1.63. The molecule has 62 valence electrons. The van der Waals surface area contributed by atoms with Gasteiger partial charge in [-0.05, 0) is 29.5 Å². The quantitative estimate of drug-likeness (QED) is 0.715. The van der Waals surface area contributed by atoms with Crippen molar-refractivity contribution in [3.05, 3.63) is 15.6 Å². The first kappa shape index (κ1) is 7.71. The highest BCUT2D eigenvalue weighted by Gasteiger charge is 2.09. The molecule has 0 aliphatic rings. The molecule has 0 aliphatic heterocycles. The van der Waals surface area contributed by atoms with Crippen molar-refractivity contribution < 1.29 is 0 Å². The van der Waals surface area contributed by atoms with Crippen LogP contribution in [-0.2, 0) is 0 Å². The van der Waals surface area contributed by atoms with Gasteiger partial charge >= 0.3 is 0 Å². The van der Waals surface area contributed by atoms with Crippen LogP contribution in [0, 0.1) is 10.5 Å². The SMILES string of the molecule is Cc1nn2ncnc(N)c2c1I. The van der Waals surface area contributed by atoms with Crippen molar-refractivity contribution in [1.29, 1.82) is 0 Å². The van der Waals surface area contributed by atoms with Crippen molar-refractivity contribution in [2.24, 2.45) is 0 Å². The summed E-state index contributed by atoms with van der Waals surface area (Å²) in [5.41, 5.74) is 7.36. The van der Waals surface area contributed by atoms with Gasteiger partial charge < -0.3 is 5.73 Å². The summed E-state index contributed by atoms with van der Waals surface area (Å²) in [5.74, 6) is 0.468. The molecule has 0 atom stereocenters. The first-order valence-electron chi connectivity index (χ1n) is 3.31. The number of hydrogen-bond acceptors (Lipinski definition) is 4. The normalized spacial score (nSPS) is 10.8. The first-order valence-corrected chi connectivity index (χ1v) is 4.39. The van der Waals surface area contributed by atoms with Crippen LogP contribution >= 0.6 is 22.6 Å². The third-order valence-electron chi connectivity index (χ3n) is 1.57. The van der Waals surface area contributed by atoms with Crippen molar-refractivity contribution in [3.8, 4) is 0 Å². The van der Waals surface area contributed by atoms with E-state index in [1.165, 1.54) is 11.0 Å². The molecule has 12 heavy (non-hydrogen) atoms. The Morgan fingerprint density at radius 3 is 3.00 bits per heavy atom. The molecule has 0 spiro atoms. The second-order valence-electron chi connectivity index (χ2n) is 2.38. The molecule has 0 aromatic carbocycles. The molecule has 0 amide bonds. The number of aryl methyl sites for hydroxylation is 1. The lowest BCUT2D eigenvalue weighted by molar-refractivity contribution is 0.773. The van der Waals surface area contributed by atoms with Gasteiger partial charge in [-0.2, -0.15) is 5.10 Å². The fourth-order valence-electron chi connectivity index (χ4n) is 0.992. The average Bonchev–Trinajstić information content (AvgIpc) is 2.29. The number of nitrogens with two attached hydrogens (primary N) is 1. The molecule has 2 N–H and O–H groups in total. The third kappa shape index (κ3) is 0.942. The third-order valence-corrected chi connectivity index (χ3v) is 2.86. The van der Waals surface area contributed by atoms with Gasteiger partial charge in [-0.15, -0.1) is 9.73 Å². The highest BCUT2D eigenvalue weighted by Crippen LogP contribution is 2.19. The second-order valence-corrected chi connectivity index (χ2v) is 3.46. The molecule has 0 saturated heterocycles. The monoisotopic (exact) mass is 275 g/mol. The van der Waals surface area contributed by atoms with Crippen molar-refractivity contribution in [1.82, 2.24) is 19.8 Å². The molecule has 2 aromatic rings. The highest BCUT2D eigenvalue weighted by atomic mass is 127. The topological polar surface area (TPSA) is 69.1 Å². The number of fused-ring (bicyclic) bond motifs is 1. The molecule has 2 heterocycles. The zero-order valence-electron chi connectivity index (χ0n) is 6.32. The smallest absolute Gasteiger partial charge is 0.154 e. The fraction of sp³-hybridized carbons (Fsp3) is 0.167. The number of nitrogen functional groups attached to an aromatic ring is 1. The van der Waals surface area contributed by atoms with Gasteiger partial charge in [0, 0.05) is 0 Å². The maximum atomic E-state index is 5.65. The number of halogens is 1. The zero-order chi connectivity index (χ0) is 8.72. The Labute approximate surface area is 82.1 Å². The Hall–Kier alpha value is -0.920. The highest BCUT2D eigenvalue weighted by molar-refractivity contribution is 14.1. The van der Waals surface area contributed by atoms with Crippen LogP contribution in [0.3, 0.4) is 0 Å². The number of hydrogen-bond donors (Lipinski definition) is 1. The minimum absolute atomic E-state index is 0.468. The fourth-order valence-corrected chi connectivity index (χ4v) is 1.59. The summed E-state index contributed by atoms with van der Waals surface area (Å²) in [7, 11) is 0. The number of rotatable bonds is 0. The molecule has 5 nitrogen and oxygen atoms in total. The van der Waals surface area contributed by atoms with Crippen molar-refractivity contribution >= 4 is 33.9 Å². The van der Waals surface area contributed by atoms with Crippen LogP contribution in [0.25, 0.3) is 5.52 Å². The van der Waals surface area contributed by atoms with Crippen LogP contribution < -0.4 is 5.73 Å². The van der Waals surface area contributed by atoms with Gasteiger partial charge in [0.15, 0.2) is 5.82 Å². The predicted octanol–water partition coefficient (Wildman–Crippen LogP) is 0.620. The van der Waals surface area contributed by atoms with E-state index in [2.05, 4.69) is 37.8 Å². The Bertz CT molecular complexity index is 435. The molecular formula is C6H6IN5. The van der Waals surface area contributed by atoms with Crippen LogP contribution in [0.4, 0.5) is 5.82 Å². The summed E-state index contributed by atoms with van der Waals surface area (Å²) in [6, 6.07) is 0. The number of nitrogens with zero attached hydrogens (tertiary/aromatic N) is 4. The molecule has 0 aliphatic carbocycles. The molecule has 0 saturated carbocycles. The van der Waals surface area contributed by atoms with Crippen LogP contribution in [0.1, 0.15) is 5.69 Å². The lowest BCUT2D eigenvalue weighted by Crippen LogP contribution is -1.99.